The number of rotatable bonds is 7. The van der Waals surface area contributed by atoms with E-state index in [2.05, 4.69) is 25.8 Å². The number of aromatic nitrogens is 4. The highest BCUT2D eigenvalue weighted by atomic mass is 16.5. The van der Waals surface area contributed by atoms with E-state index in [1.807, 2.05) is 42.5 Å². The lowest BCUT2D eigenvalue weighted by Crippen LogP contribution is -2.08. The van der Waals surface area contributed by atoms with Crippen molar-refractivity contribution in [3.05, 3.63) is 60.2 Å². The Morgan fingerprint density at radius 2 is 1.81 bits per heavy atom. The summed E-state index contributed by atoms with van der Waals surface area (Å²) in [6.07, 6.45) is 0.636. The third-order valence-electron chi connectivity index (χ3n) is 4.37. The molecule has 0 N–H and O–H groups in total. The van der Waals surface area contributed by atoms with E-state index in [9.17, 15) is 0 Å². The fourth-order valence-electron chi connectivity index (χ4n) is 3.03. The fraction of sp³-hybridized carbons (Fsp3) is 0.250. The van der Waals surface area contributed by atoms with Gasteiger partial charge in [-0.1, -0.05) is 17.3 Å². The molecule has 0 unspecified atom stereocenters. The van der Waals surface area contributed by atoms with Crippen LogP contribution in [0.5, 0.6) is 5.75 Å². The molecule has 0 fully saturated rings. The van der Waals surface area contributed by atoms with E-state index < -0.39 is 0 Å². The van der Waals surface area contributed by atoms with Gasteiger partial charge < -0.3 is 18.6 Å². The largest absolute Gasteiger partial charge is 0.497 e. The van der Waals surface area contributed by atoms with Crippen molar-refractivity contribution in [3.63, 3.8) is 0 Å². The average molecular weight is 364 g/mol. The van der Waals surface area contributed by atoms with Gasteiger partial charge >= 0.3 is 0 Å². The molecule has 0 atom stereocenters. The van der Waals surface area contributed by atoms with Crippen molar-refractivity contribution in [2.45, 2.75) is 19.6 Å². The Balaban J connectivity index is 1.53. The van der Waals surface area contributed by atoms with Crippen LogP contribution in [0.25, 0.3) is 22.5 Å². The molecule has 0 aliphatic rings. The molecule has 0 aliphatic heterocycles. The first-order valence-corrected chi connectivity index (χ1v) is 8.68. The third-order valence-corrected chi connectivity index (χ3v) is 4.37. The summed E-state index contributed by atoms with van der Waals surface area (Å²) >= 11 is 0. The summed E-state index contributed by atoms with van der Waals surface area (Å²) in [5, 5.41) is 4.11. The average Bonchev–Trinajstić information content (AvgIpc) is 3.31. The number of fused-ring (bicyclic) bond motifs is 1. The Morgan fingerprint density at radius 3 is 2.59 bits per heavy atom. The molecule has 0 aliphatic carbocycles. The SMILES string of the molecule is COCc1nc2ccccc2n1CCc1noc(-c2ccc(OC)cc2)n1. The molecule has 0 amide bonds. The van der Waals surface area contributed by atoms with Gasteiger partial charge in [0.25, 0.3) is 5.89 Å². The van der Waals surface area contributed by atoms with Crippen molar-refractivity contribution in [3.8, 4) is 17.2 Å². The van der Waals surface area contributed by atoms with E-state index in [1.165, 1.54) is 0 Å². The van der Waals surface area contributed by atoms with Gasteiger partial charge in [0.05, 0.1) is 18.1 Å². The summed E-state index contributed by atoms with van der Waals surface area (Å²) < 4.78 is 18.0. The Hall–Kier alpha value is -3.19. The second kappa shape index (κ2) is 7.59. The number of ether oxygens (including phenoxy) is 2. The molecule has 4 aromatic rings. The van der Waals surface area contributed by atoms with Crippen LogP contribution < -0.4 is 4.74 Å². The second-order valence-corrected chi connectivity index (χ2v) is 6.10. The summed E-state index contributed by atoms with van der Waals surface area (Å²) in [4.78, 5) is 9.15. The predicted octanol–water partition coefficient (Wildman–Crippen LogP) is 3.48. The molecular formula is C20H20N4O3. The van der Waals surface area contributed by atoms with Gasteiger partial charge in [0.2, 0.25) is 0 Å². The zero-order chi connectivity index (χ0) is 18.6. The highest BCUT2D eigenvalue weighted by molar-refractivity contribution is 5.75. The first-order chi connectivity index (χ1) is 13.3. The van der Waals surface area contributed by atoms with Gasteiger partial charge in [0, 0.05) is 25.6 Å². The van der Waals surface area contributed by atoms with E-state index in [-0.39, 0.29) is 0 Å². The van der Waals surface area contributed by atoms with E-state index >= 15 is 0 Å². The van der Waals surface area contributed by atoms with Crippen LogP contribution in [0.15, 0.2) is 53.1 Å². The lowest BCUT2D eigenvalue weighted by molar-refractivity contribution is 0.174. The minimum atomic E-state index is 0.456. The molecular weight excluding hydrogens is 344 g/mol. The molecule has 4 rings (SSSR count). The standard InChI is InChI=1S/C20H20N4O3/c1-25-13-19-21-16-5-3-4-6-17(16)24(19)12-11-18-22-20(27-23-18)14-7-9-15(26-2)10-8-14/h3-10H,11-13H2,1-2H3. The topological polar surface area (TPSA) is 75.2 Å². The Bertz CT molecular complexity index is 1040. The van der Waals surface area contributed by atoms with Crippen LogP contribution >= 0.6 is 0 Å². The summed E-state index contributed by atoms with van der Waals surface area (Å²) in [6.45, 7) is 1.15. The van der Waals surface area contributed by atoms with Crippen LogP contribution in [-0.2, 0) is 24.3 Å². The summed E-state index contributed by atoms with van der Waals surface area (Å²) in [6, 6.07) is 15.6. The molecule has 2 heterocycles. The third kappa shape index (κ3) is 3.54. The highest BCUT2D eigenvalue weighted by Crippen LogP contribution is 2.21. The van der Waals surface area contributed by atoms with Crippen LogP contribution in [0.3, 0.4) is 0 Å². The number of aryl methyl sites for hydroxylation is 2. The van der Waals surface area contributed by atoms with Crippen molar-refractivity contribution >= 4 is 11.0 Å². The van der Waals surface area contributed by atoms with Crippen LogP contribution in [0.2, 0.25) is 0 Å². The number of hydrogen-bond acceptors (Lipinski definition) is 6. The summed E-state index contributed by atoms with van der Waals surface area (Å²) in [7, 11) is 3.31. The van der Waals surface area contributed by atoms with Gasteiger partial charge in [-0.3, -0.25) is 0 Å². The van der Waals surface area contributed by atoms with Crippen molar-refractivity contribution in [2.75, 3.05) is 14.2 Å². The van der Waals surface area contributed by atoms with Crippen molar-refractivity contribution in [1.82, 2.24) is 19.7 Å². The molecule has 27 heavy (non-hydrogen) atoms. The normalized spacial score (nSPS) is 11.2. The minimum Gasteiger partial charge on any atom is -0.497 e. The van der Waals surface area contributed by atoms with E-state index in [1.54, 1.807) is 14.2 Å². The van der Waals surface area contributed by atoms with Gasteiger partial charge in [-0.2, -0.15) is 4.98 Å². The molecule has 0 saturated carbocycles. The maximum atomic E-state index is 5.41. The molecule has 7 nitrogen and oxygen atoms in total. The number of nitrogens with zero attached hydrogens (tertiary/aromatic N) is 4. The van der Waals surface area contributed by atoms with E-state index in [0.29, 0.717) is 31.3 Å². The molecule has 0 saturated heterocycles. The minimum absolute atomic E-state index is 0.456. The van der Waals surface area contributed by atoms with E-state index in [4.69, 9.17) is 14.0 Å². The highest BCUT2D eigenvalue weighted by Gasteiger charge is 2.13. The Labute approximate surface area is 156 Å². The number of para-hydroxylation sites is 2. The number of benzene rings is 2. The van der Waals surface area contributed by atoms with Crippen molar-refractivity contribution in [2.24, 2.45) is 0 Å². The number of methoxy groups -OCH3 is 2. The quantitative estimate of drug-likeness (QED) is 0.500. The molecule has 0 bridgehead atoms. The lowest BCUT2D eigenvalue weighted by Gasteiger charge is -2.07. The van der Waals surface area contributed by atoms with Crippen LogP contribution in [0.1, 0.15) is 11.6 Å². The molecule has 2 aromatic heterocycles. The van der Waals surface area contributed by atoms with Gasteiger partial charge in [0.1, 0.15) is 18.2 Å². The van der Waals surface area contributed by atoms with Crippen molar-refractivity contribution < 1.29 is 14.0 Å². The Kier molecular flexibility index (Phi) is 4.84. The van der Waals surface area contributed by atoms with E-state index in [0.717, 1.165) is 28.2 Å². The zero-order valence-electron chi connectivity index (χ0n) is 15.3. The van der Waals surface area contributed by atoms with Gasteiger partial charge in [-0.25, -0.2) is 4.98 Å². The number of hydrogen-bond donors (Lipinski definition) is 0. The summed E-state index contributed by atoms with van der Waals surface area (Å²) in [5.41, 5.74) is 2.89. The monoisotopic (exact) mass is 364 g/mol. The first-order valence-electron chi connectivity index (χ1n) is 8.68. The van der Waals surface area contributed by atoms with Crippen molar-refractivity contribution in [1.29, 1.82) is 0 Å². The molecule has 0 radical (unpaired) electrons. The van der Waals surface area contributed by atoms with Gasteiger partial charge in [-0.05, 0) is 36.4 Å². The molecule has 7 heteroatoms. The zero-order valence-corrected chi connectivity index (χ0v) is 15.3. The molecule has 138 valence electrons. The first kappa shape index (κ1) is 17.2. The molecule has 0 spiro atoms. The van der Waals surface area contributed by atoms with Gasteiger partial charge in [-0.15, -0.1) is 0 Å². The maximum absolute atomic E-state index is 5.41. The van der Waals surface area contributed by atoms with Gasteiger partial charge in [0.15, 0.2) is 5.82 Å². The lowest BCUT2D eigenvalue weighted by atomic mass is 10.2. The summed E-state index contributed by atoms with van der Waals surface area (Å²) in [5.74, 6) is 2.83. The van der Waals surface area contributed by atoms with Crippen LogP contribution in [0, 0.1) is 0 Å². The predicted molar refractivity (Wildman–Crippen MR) is 100 cm³/mol. The Morgan fingerprint density at radius 1 is 1.00 bits per heavy atom. The van der Waals surface area contributed by atoms with Crippen LogP contribution in [-0.4, -0.2) is 33.9 Å². The fourth-order valence-corrected chi connectivity index (χ4v) is 3.03. The van der Waals surface area contributed by atoms with Crippen LogP contribution in [0.4, 0.5) is 0 Å². The number of imidazole rings is 1. The maximum Gasteiger partial charge on any atom is 0.257 e. The second-order valence-electron chi connectivity index (χ2n) is 6.10. The smallest absolute Gasteiger partial charge is 0.257 e. The molecule has 2 aromatic carbocycles.